The van der Waals surface area contributed by atoms with Gasteiger partial charge in [0.1, 0.15) is 17.1 Å². The molecular formula is C14H21N3O2S. The second-order valence-corrected chi connectivity index (χ2v) is 6.79. The number of carbonyl (C=O) groups is 2. The number of amides is 2. The summed E-state index contributed by atoms with van der Waals surface area (Å²) < 4.78 is 0. The first-order valence-electron chi connectivity index (χ1n) is 6.91. The zero-order valence-corrected chi connectivity index (χ0v) is 13.1. The van der Waals surface area contributed by atoms with Gasteiger partial charge in [-0.25, -0.2) is 4.98 Å². The van der Waals surface area contributed by atoms with Crippen LogP contribution in [0.4, 0.5) is 0 Å². The SMILES string of the molecule is CC(C)C1NC(=O)C(C(C)C)N(Cc2nccs2)C1=O. The number of aromatic nitrogens is 1. The summed E-state index contributed by atoms with van der Waals surface area (Å²) in [6, 6.07) is -0.848. The van der Waals surface area contributed by atoms with E-state index in [2.05, 4.69) is 10.3 Å². The van der Waals surface area contributed by atoms with E-state index >= 15 is 0 Å². The van der Waals surface area contributed by atoms with Crippen LogP contribution in [0.2, 0.25) is 0 Å². The standard InChI is InChI=1S/C14H21N3O2S/c1-8(2)11-14(19)17(7-10-15-5-6-20-10)12(9(3)4)13(18)16-11/h5-6,8-9,11-12H,7H2,1-4H3,(H,16,18). The number of hydrogen-bond donors (Lipinski definition) is 1. The van der Waals surface area contributed by atoms with Gasteiger partial charge in [-0.1, -0.05) is 27.7 Å². The first kappa shape index (κ1) is 15.0. The van der Waals surface area contributed by atoms with Gasteiger partial charge in [-0.3, -0.25) is 9.59 Å². The molecule has 1 saturated heterocycles. The quantitative estimate of drug-likeness (QED) is 0.918. The van der Waals surface area contributed by atoms with Crippen LogP contribution in [0.1, 0.15) is 32.7 Å². The van der Waals surface area contributed by atoms with Crippen molar-refractivity contribution in [3.63, 3.8) is 0 Å². The molecule has 2 amide bonds. The fourth-order valence-electron chi connectivity index (χ4n) is 2.53. The van der Waals surface area contributed by atoms with Crippen LogP contribution in [-0.2, 0) is 16.1 Å². The van der Waals surface area contributed by atoms with Crippen LogP contribution in [0.3, 0.4) is 0 Å². The van der Waals surface area contributed by atoms with Crippen molar-refractivity contribution in [3.8, 4) is 0 Å². The van der Waals surface area contributed by atoms with Gasteiger partial charge in [0.25, 0.3) is 0 Å². The monoisotopic (exact) mass is 295 g/mol. The Morgan fingerprint density at radius 3 is 2.50 bits per heavy atom. The minimum Gasteiger partial charge on any atom is -0.342 e. The molecule has 0 aromatic carbocycles. The molecule has 0 bridgehead atoms. The number of thiazole rings is 1. The third-order valence-corrected chi connectivity index (χ3v) is 4.30. The largest absolute Gasteiger partial charge is 0.342 e. The highest BCUT2D eigenvalue weighted by Gasteiger charge is 2.43. The number of hydrogen-bond acceptors (Lipinski definition) is 4. The maximum Gasteiger partial charge on any atom is 0.246 e. The zero-order valence-electron chi connectivity index (χ0n) is 12.3. The average Bonchev–Trinajstić information content (AvgIpc) is 2.85. The smallest absolute Gasteiger partial charge is 0.246 e. The van der Waals surface area contributed by atoms with E-state index in [1.54, 1.807) is 11.1 Å². The lowest BCUT2D eigenvalue weighted by molar-refractivity contribution is -0.153. The van der Waals surface area contributed by atoms with Gasteiger partial charge < -0.3 is 10.2 Å². The molecule has 6 heteroatoms. The van der Waals surface area contributed by atoms with Gasteiger partial charge in [-0.15, -0.1) is 11.3 Å². The van der Waals surface area contributed by atoms with Crippen molar-refractivity contribution in [1.82, 2.24) is 15.2 Å². The van der Waals surface area contributed by atoms with E-state index in [1.807, 2.05) is 33.1 Å². The minimum absolute atomic E-state index is 0.00602. The summed E-state index contributed by atoms with van der Waals surface area (Å²) in [6.07, 6.45) is 1.72. The molecule has 0 saturated carbocycles. The minimum atomic E-state index is -0.433. The summed E-state index contributed by atoms with van der Waals surface area (Å²) in [5, 5.41) is 5.60. The summed E-state index contributed by atoms with van der Waals surface area (Å²) in [7, 11) is 0. The van der Waals surface area contributed by atoms with Crippen LogP contribution >= 0.6 is 11.3 Å². The van der Waals surface area contributed by atoms with Crippen molar-refractivity contribution in [3.05, 3.63) is 16.6 Å². The molecule has 0 spiro atoms. The van der Waals surface area contributed by atoms with Gasteiger partial charge in [0.05, 0.1) is 6.54 Å². The van der Waals surface area contributed by atoms with Crippen molar-refractivity contribution in [2.45, 2.75) is 46.3 Å². The molecule has 0 radical (unpaired) electrons. The van der Waals surface area contributed by atoms with Crippen molar-refractivity contribution in [2.75, 3.05) is 0 Å². The highest BCUT2D eigenvalue weighted by molar-refractivity contribution is 7.09. The predicted octanol–water partition coefficient (Wildman–Crippen LogP) is 1.65. The Hall–Kier alpha value is -1.43. The molecule has 1 aromatic rings. The Morgan fingerprint density at radius 2 is 2.00 bits per heavy atom. The highest BCUT2D eigenvalue weighted by Crippen LogP contribution is 2.23. The molecule has 1 aliphatic heterocycles. The maximum atomic E-state index is 12.6. The maximum absolute atomic E-state index is 12.6. The van der Waals surface area contributed by atoms with Crippen molar-refractivity contribution in [2.24, 2.45) is 11.8 Å². The second-order valence-electron chi connectivity index (χ2n) is 5.81. The summed E-state index contributed by atoms with van der Waals surface area (Å²) in [5.41, 5.74) is 0. The Labute approximate surface area is 123 Å². The Bertz CT molecular complexity index is 485. The normalized spacial score (nSPS) is 23.6. The summed E-state index contributed by atoms with van der Waals surface area (Å²) in [6.45, 7) is 8.22. The Morgan fingerprint density at radius 1 is 1.30 bits per heavy atom. The first-order valence-corrected chi connectivity index (χ1v) is 7.79. The Kier molecular flexibility index (Phi) is 4.42. The molecule has 20 heavy (non-hydrogen) atoms. The predicted molar refractivity (Wildman–Crippen MR) is 78.1 cm³/mol. The van der Waals surface area contributed by atoms with E-state index in [-0.39, 0.29) is 23.7 Å². The molecule has 110 valence electrons. The molecule has 2 rings (SSSR count). The fraction of sp³-hybridized carbons (Fsp3) is 0.643. The van der Waals surface area contributed by atoms with Gasteiger partial charge >= 0.3 is 0 Å². The van der Waals surface area contributed by atoms with Crippen LogP contribution in [0.25, 0.3) is 0 Å². The third-order valence-electron chi connectivity index (χ3n) is 3.54. The number of piperazine rings is 1. The van der Waals surface area contributed by atoms with Gasteiger partial charge in [0, 0.05) is 11.6 Å². The molecule has 1 fully saturated rings. The molecule has 1 aliphatic rings. The Balaban J connectivity index is 2.28. The summed E-state index contributed by atoms with van der Waals surface area (Å²) in [5.74, 6) is 0.0914. The highest BCUT2D eigenvalue weighted by atomic mass is 32.1. The second kappa shape index (κ2) is 5.91. The molecule has 2 heterocycles. The van der Waals surface area contributed by atoms with E-state index in [0.29, 0.717) is 6.54 Å². The molecule has 5 nitrogen and oxygen atoms in total. The number of rotatable bonds is 4. The van der Waals surface area contributed by atoms with E-state index in [9.17, 15) is 9.59 Å². The molecule has 1 N–H and O–H groups in total. The van der Waals surface area contributed by atoms with Crippen molar-refractivity contribution < 1.29 is 9.59 Å². The number of nitrogens with zero attached hydrogens (tertiary/aromatic N) is 2. The summed E-state index contributed by atoms with van der Waals surface area (Å²) >= 11 is 1.51. The third kappa shape index (κ3) is 2.85. The van der Waals surface area contributed by atoms with Gasteiger partial charge in [-0.2, -0.15) is 0 Å². The lowest BCUT2D eigenvalue weighted by Gasteiger charge is -2.41. The average molecular weight is 295 g/mol. The van der Waals surface area contributed by atoms with Crippen LogP contribution in [0.15, 0.2) is 11.6 Å². The van der Waals surface area contributed by atoms with Crippen LogP contribution < -0.4 is 5.32 Å². The summed E-state index contributed by atoms with van der Waals surface area (Å²) in [4.78, 5) is 30.9. The van der Waals surface area contributed by atoms with E-state index < -0.39 is 12.1 Å². The van der Waals surface area contributed by atoms with Gasteiger partial charge in [-0.05, 0) is 11.8 Å². The van der Waals surface area contributed by atoms with Gasteiger partial charge in [0.2, 0.25) is 11.8 Å². The molecule has 1 aromatic heterocycles. The number of carbonyl (C=O) groups excluding carboxylic acids is 2. The van der Waals surface area contributed by atoms with Crippen molar-refractivity contribution in [1.29, 1.82) is 0 Å². The van der Waals surface area contributed by atoms with Crippen LogP contribution in [0.5, 0.6) is 0 Å². The fourth-order valence-corrected chi connectivity index (χ4v) is 3.14. The lowest BCUT2D eigenvalue weighted by atomic mass is 9.93. The zero-order chi connectivity index (χ0) is 14.9. The molecule has 0 aliphatic carbocycles. The molecular weight excluding hydrogens is 274 g/mol. The lowest BCUT2D eigenvalue weighted by Crippen LogP contribution is -2.65. The number of nitrogens with one attached hydrogen (secondary N) is 1. The molecule has 2 atom stereocenters. The van der Waals surface area contributed by atoms with E-state index in [4.69, 9.17) is 0 Å². The van der Waals surface area contributed by atoms with E-state index in [0.717, 1.165) is 5.01 Å². The van der Waals surface area contributed by atoms with Crippen LogP contribution in [0, 0.1) is 11.8 Å². The molecule has 2 unspecified atom stereocenters. The van der Waals surface area contributed by atoms with Crippen LogP contribution in [-0.4, -0.2) is 33.8 Å². The van der Waals surface area contributed by atoms with E-state index in [1.165, 1.54) is 11.3 Å². The topological polar surface area (TPSA) is 62.3 Å². The van der Waals surface area contributed by atoms with Crippen molar-refractivity contribution >= 4 is 23.2 Å². The van der Waals surface area contributed by atoms with Gasteiger partial charge in [0.15, 0.2) is 0 Å². The first-order chi connectivity index (χ1) is 9.41.